The predicted octanol–water partition coefficient (Wildman–Crippen LogP) is 0.544. The van der Waals surface area contributed by atoms with E-state index in [1.807, 2.05) is 92.6 Å². The van der Waals surface area contributed by atoms with E-state index in [0.717, 1.165) is 16.9 Å². The normalized spacial score (nSPS) is 11.7. The molecule has 0 saturated carbocycles. The highest BCUT2D eigenvalue weighted by Gasteiger charge is 2.18. The fourth-order valence-electron chi connectivity index (χ4n) is 2.45. The minimum absolute atomic E-state index is 0. The maximum absolute atomic E-state index is 12.5. The summed E-state index contributed by atoms with van der Waals surface area (Å²) in [5.74, 6) is 0.588. The van der Waals surface area contributed by atoms with Crippen molar-refractivity contribution in [2.45, 2.75) is 13.0 Å². The quantitative estimate of drug-likeness (QED) is 0.713. The van der Waals surface area contributed by atoms with Gasteiger partial charge in [-0.05, 0) is 33.2 Å². The minimum atomic E-state index is -0.237. The number of aromatic nitrogens is 2. The molecule has 1 unspecified atom stereocenters. The van der Waals surface area contributed by atoms with Crippen LogP contribution >= 0.6 is 0 Å². The zero-order valence-electron chi connectivity index (χ0n) is 16.1. The second kappa shape index (κ2) is 8.65. The molecular formula is C20H23ClN4O. The number of para-hydroxylation sites is 1. The lowest BCUT2D eigenvalue weighted by Crippen LogP contribution is -3.00. The van der Waals surface area contributed by atoms with E-state index in [4.69, 9.17) is 5.10 Å². The summed E-state index contributed by atoms with van der Waals surface area (Å²) in [6.07, 6.45) is 0. The van der Waals surface area contributed by atoms with Gasteiger partial charge in [-0.15, -0.1) is 0 Å². The third-order valence-electron chi connectivity index (χ3n) is 4.18. The zero-order valence-corrected chi connectivity index (χ0v) is 15.8. The summed E-state index contributed by atoms with van der Waals surface area (Å²) in [4.78, 5) is 14.4. The molecule has 5 nitrogen and oxygen atoms in total. The highest BCUT2D eigenvalue weighted by Crippen LogP contribution is 2.24. The molecule has 0 radical (unpaired) electrons. The van der Waals surface area contributed by atoms with Crippen LogP contribution in [0.5, 0.6) is 0 Å². The van der Waals surface area contributed by atoms with Crippen LogP contribution in [-0.4, -0.2) is 40.7 Å². The monoisotopic (exact) mass is 370 g/mol. The Morgan fingerprint density at radius 2 is 1.65 bits per heavy atom. The van der Waals surface area contributed by atoms with E-state index >= 15 is 0 Å². The third-order valence-corrected chi connectivity index (χ3v) is 4.18. The number of carbonyl (C=O) groups is 1. The van der Waals surface area contributed by atoms with Crippen LogP contribution in [0, 0.1) is 0 Å². The number of anilines is 1. The molecule has 1 atom stereocenters. The number of nitrogens with one attached hydrogen (secondary N) is 1. The lowest BCUT2D eigenvalue weighted by Gasteiger charge is -2.19. The third kappa shape index (κ3) is 4.31. The molecule has 26 heavy (non-hydrogen) atoms. The SMILES string of the molecule is CC(C(=O)Nc1cc(-c2ccccc2)nn1-c1ccccc1)N(C)C.[Cl-].[H+]. The molecule has 1 heterocycles. The number of halogens is 1. The lowest BCUT2D eigenvalue weighted by atomic mass is 10.1. The van der Waals surface area contributed by atoms with Gasteiger partial charge in [0.1, 0.15) is 5.82 Å². The van der Waals surface area contributed by atoms with Crippen LogP contribution in [0.2, 0.25) is 0 Å². The van der Waals surface area contributed by atoms with Crippen molar-refractivity contribution in [2.24, 2.45) is 0 Å². The molecule has 1 amide bonds. The molecule has 2 aromatic carbocycles. The largest absolute Gasteiger partial charge is 1.00 e. The molecule has 0 spiro atoms. The van der Waals surface area contributed by atoms with Gasteiger partial charge in [-0.25, -0.2) is 4.68 Å². The van der Waals surface area contributed by atoms with E-state index in [2.05, 4.69) is 5.32 Å². The summed E-state index contributed by atoms with van der Waals surface area (Å²) in [5.41, 5.74) is 2.73. The fourth-order valence-corrected chi connectivity index (χ4v) is 2.45. The Morgan fingerprint density at radius 1 is 1.08 bits per heavy atom. The summed E-state index contributed by atoms with van der Waals surface area (Å²) in [6.45, 7) is 1.87. The smallest absolute Gasteiger partial charge is 1.00 e. The summed E-state index contributed by atoms with van der Waals surface area (Å²) in [7, 11) is 3.77. The van der Waals surface area contributed by atoms with E-state index in [-0.39, 0.29) is 25.8 Å². The van der Waals surface area contributed by atoms with Gasteiger partial charge in [0.15, 0.2) is 0 Å². The average Bonchev–Trinajstić information content (AvgIpc) is 3.06. The van der Waals surface area contributed by atoms with E-state index in [1.165, 1.54) is 0 Å². The highest BCUT2D eigenvalue weighted by molar-refractivity contribution is 5.94. The first-order chi connectivity index (χ1) is 12.1. The highest BCUT2D eigenvalue weighted by atomic mass is 35.5. The van der Waals surface area contributed by atoms with Crippen molar-refractivity contribution >= 4 is 11.7 Å². The summed E-state index contributed by atoms with van der Waals surface area (Å²) >= 11 is 0. The Bertz CT molecular complexity index is 853. The number of rotatable bonds is 5. The molecule has 6 heteroatoms. The van der Waals surface area contributed by atoms with Crippen molar-refractivity contribution in [3.8, 4) is 16.9 Å². The Morgan fingerprint density at radius 3 is 2.23 bits per heavy atom. The van der Waals surface area contributed by atoms with Crippen LogP contribution in [0.1, 0.15) is 8.35 Å². The van der Waals surface area contributed by atoms with Gasteiger partial charge >= 0.3 is 1.43 Å². The standard InChI is InChI=1S/C20H22N4O.ClH/c1-15(23(2)3)20(25)21-19-14-18(16-10-6-4-7-11-16)22-24(19)17-12-8-5-9-13-17;/h4-15H,1-3H3,(H,21,25);1H. The number of hydrogen-bond donors (Lipinski definition) is 1. The molecule has 0 fully saturated rings. The lowest BCUT2D eigenvalue weighted by molar-refractivity contribution is -0.119. The Kier molecular flexibility index (Phi) is 6.55. The Labute approximate surface area is 161 Å². The molecular weight excluding hydrogens is 348 g/mol. The van der Waals surface area contributed by atoms with Gasteiger partial charge < -0.3 is 17.7 Å². The number of likely N-dealkylation sites (N-methyl/N-ethyl adjacent to an activating group) is 1. The molecule has 0 saturated heterocycles. The number of carbonyl (C=O) groups excluding carboxylic acids is 1. The van der Waals surface area contributed by atoms with Crippen LogP contribution < -0.4 is 17.7 Å². The molecule has 3 rings (SSSR count). The van der Waals surface area contributed by atoms with Gasteiger partial charge in [-0.3, -0.25) is 9.69 Å². The van der Waals surface area contributed by atoms with Crippen molar-refractivity contribution in [3.63, 3.8) is 0 Å². The first-order valence-corrected chi connectivity index (χ1v) is 8.24. The number of amides is 1. The number of nitrogens with zero attached hydrogens (tertiary/aromatic N) is 3. The number of benzene rings is 2. The first kappa shape index (κ1) is 19.7. The molecule has 0 aliphatic carbocycles. The maximum atomic E-state index is 12.5. The van der Waals surface area contributed by atoms with Crippen LogP contribution in [-0.2, 0) is 4.79 Å². The van der Waals surface area contributed by atoms with Gasteiger partial charge in [0.25, 0.3) is 0 Å². The van der Waals surface area contributed by atoms with Crippen molar-refractivity contribution in [2.75, 3.05) is 19.4 Å². The van der Waals surface area contributed by atoms with Gasteiger partial charge in [0, 0.05) is 11.6 Å². The molecule has 0 bridgehead atoms. The van der Waals surface area contributed by atoms with Crippen LogP contribution in [0.15, 0.2) is 66.7 Å². The summed E-state index contributed by atoms with van der Waals surface area (Å²) < 4.78 is 1.77. The zero-order chi connectivity index (χ0) is 17.8. The van der Waals surface area contributed by atoms with Crippen molar-refractivity contribution < 1.29 is 18.6 Å². The fraction of sp³-hybridized carbons (Fsp3) is 0.200. The molecule has 0 aliphatic rings. The Balaban J connectivity index is 0.00000182. The topological polar surface area (TPSA) is 50.2 Å². The average molecular weight is 371 g/mol. The van der Waals surface area contributed by atoms with Gasteiger partial charge in [0.2, 0.25) is 5.91 Å². The van der Waals surface area contributed by atoms with Crippen molar-refractivity contribution in [3.05, 3.63) is 66.7 Å². The van der Waals surface area contributed by atoms with E-state index < -0.39 is 0 Å². The van der Waals surface area contributed by atoms with Gasteiger partial charge in [-0.1, -0.05) is 48.5 Å². The van der Waals surface area contributed by atoms with Crippen molar-refractivity contribution in [1.82, 2.24) is 14.7 Å². The molecule has 136 valence electrons. The Hall–Kier alpha value is -2.63. The molecule has 1 aromatic heterocycles. The van der Waals surface area contributed by atoms with Crippen LogP contribution in [0.25, 0.3) is 16.9 Å². The van der Waals surface area contributed by atoms with Gasteiger partial charge in [-0.2, -0.15) is 5.10 Å². The second-order valence-corrected chi connectivity index (χ2v) is 6.16. The number of hydrogen-bond acceptors (Lipinski definition) is 3. The second-order valence-electron chi connectivity index (χ2n) is 6.16. The van der Waals surface area contributed by atoms with Crippen LogP contribution in [0.3, 0.4) is 0 Å². The van der Waals surface area contributed by atoms with Gasteiger partial charge in [0.05, 0.1) is 17.4 Å². The molecule has 0 aliphatic heterocycles. The van der Waals surface area contributed by atoms with E-state index in [0.29, 0.717) is 5.82 Å². The van der Waals surface area contributed by atoms with E-state index in [1.54, 1.807) is 4.68 Å². The predicted molar refractivity (Wildman–Crippen MR) is 102 cm³/mol. The van der Waals surface area contributed by atoms with E-state index in [9.17, 15) is 4.79 Å². The maximum Gasteiger partial charge on any atom is 1.00 e. The minimum Gasteiger partial charge on any atom is -1.00 e. The van der Waals surface area contributed by atoms with Crippen LogP contribution in [0.4, 0.5) is 5.82 Å². The first-order valence-electron chi connectivity index (χ1n) is 8.24. The molecule has 3 aromatic rings. The summed E-state index contributed by atoms with van der Waals surface area (Å²) in [5, 5.41) is 7.70. The van der Waals surface area contributed by atoms with Crippen molar-refractivity contribution in [1.29, 1.82) is 0 Å². The molecule has 1 N–H and O–H groups in total. The summed E-state index contributed by atoms with van der Waals surface area (Å²) in [6, 6.07) is 21.4.